The molecule has 0 aromatic carbocycles. The van der Waals surface area contributed by atoms with Crippen molar-refractivity contribution >= 4 is 0 Å². The Bertz CT molecular complexity index is 274. The maximum Gasteiger partial charge on any atom is 0.0339 e. The molecule has 0 amide bonds. The first-order valence-electron chi connectivity index (χ1n) is 7.35. The second-order valence-corrected chi connectivity index (χ2v) is 7.44. The zero-order chi connectivity index (χ0) is 12.7. The first kappa shape index (κ1) is 13.4. The Kier molecular flexibility index (Phi) is 3.57. The van der Waals surface area contributed by atoms with Crippen LogP contribution in [0.5, 0.6) is 0 Å². The third kappa shape index (κ3) is 2.53. The minimum Gasteiger partial charge on any atom is -0.329 e. The Morgan fingerprint density at radius 2 is 1.94 bits per heavy atom. The van der Waals surface area contributed by atoms with Gasteiger partial charge < -0.3 is 5.73 Å². The van der Waals surface area contributed by atoms with E-state index in [0.717, 1.165) is 18.5 Å². The SMILES string of the molecule is CC1CCN(C2(CN)CCC(C)(C)C2)C(C)C1. The second kappa shape index (κ2) is 4.55. The summed E-state index contributed by atoms with van der Waals surface area (Å²) < 4.78 is 0. The molecule has 0 aromatic heterocycles. The molecule has 3 unspecified atom stereocenters. The number of likely N-dealkylation sites (tertiary alicyclic amines) is 1. The van der Waals surface area contributed by atoms with Gasteiger partial charge in [-0.05, 0) is 56.9 Å². The Morgan fingerprint density at radius 3 is 2.41 bits per heavy atom. The van der Waals surface area contributed by atoms with Crippen LogP contribution >= 0.6 is 0 Å². The first-order valence-corrected chi connectivity index (χ1v) is 7.35. The van der Waals surface area contributed by atoms with E-state index in [-0.39, 0.29) is 0 Å². The fourth-order valence-corrected chi connectivity index (χ4v) is 4.29. The summed E-state index contributed by atoms with van der Waals surface area (Å²) in [6, 6.07) is 0.719. The van der Waals surface area contributed by atoms with Crippen LogP contribution in [0.15, 0.2) is 0 Å². The molecule has 2 nitrogen and oxygen atoms in total. The van der Waals surface area contributed by atoms with E-state index >= 15 is 0 Å². The van der Waals surface area contributed by atoms with E-state index in [1.54, 1.807) is 0 Å². The maximum absolute atomic E-state index is 6.18. The Balaban J connectivity index is 2.13. The molecule has 1 aliphatic heterocycles. The van der Waals surface area contributed by atoms with Crippen LogP contribution in [0.4, 0.5) is 0 Å². The smallest absolute Gasteiger partial charge is 0.0339 e. The normalized spacial score (nSPS) is 42.9. The summed E-state index contributed by atoms with van der Waals surface area (Å²) in [7, 11) is 0. The molecule has 2 N–H and O–H groups in total. The number of hydrogen-bond donors (Lipinski definition) is 1. The van der Waals surface area contributed by atoms with Crippen molar-refractivity contribution < 1.29 is 0 Å². The van der Waals surface area contributed by atoms with Crippen molar-refractivity contribution in [3.8, 4) is 0 Å². The minimum absolute atomic E-state index is 0.309. The molecule has 0 radical (unpaired) electrons. The lowest BCUT2D eigenvalue weighted by Gasteiger charge is -2.49. The molecule has 1 aliphatic carbocycles. The molecule has 1 saturated heterocycles. The topological polar surface area (TPSA) is 29.3 Å². The molecular weight excluding hydrogens is 208 g/mol. The zero-order valence-electron chi connectivity index (χ0n) is 12.1. The van der Waals surface area contributed by atoms with Crippen molar-refractivity contribution in [2.45, 2.75) is 71.4 Å². The highest BCUT2D eigenvalue weighted by molar-refractivity contribution is 5.04. The molecule has 2 heteroatoms. The van der Waals surface area contributed by atoms with E-state index in [4.69, 9.17) is 5.73 Å². The minimum atomic E-state index is 0.309. The van der Waals surface area contributed by atoms with Gasteiger partial charge in [0.1, 0.15) is 0 Å². The van der Waals surface area contributed by atoms with Crippen LogP contribution in [0.1, 0.15) is 59.8 Å². The number of nitrogens with two attached hydrogens (primary N) is 1. The van der Waals surface area contributed by atoms with Crippen LogP contribution in [-0.4, -0.2) is 29.6 Å². The van der Waals surface area contributed by atoms with Gasteiger partial charge in [0.25, 0.3) is 0 Å². The summed E-state index contributed by atoms with van der Waals surface area (Å²) in [5.41, 5.74) is 6.97. The molecule has 0 bridgehead atoms. The van der Waals surface area contributed by atoms with Crippen LogP contribution in [0.25, 0.3) is 0 Å². The molecule has 2 aliphatic rings. The Labute approximate surface area is 107 Å². The van der Waals surface area contributed by atoms with Gasteiger partial charge in [0.15, 0.2) is 0 Å². The molecule has 17 heavy (non-hydrogen) atoms. The van der Waals surface area contributed by atoms with Crippen molar-refractivity contribution in [1.29, 1.82) is 0 Å². The zero-order valence-corrected chi connectivity index (χ0v) is 12.1. The fraction of sp³-hybridized carbons (Fsp3) is 1.00. The lowest BCUT2D eigenvalue weighted by atomic mass is 9.83. The number of piperidine rings is 1. The third-order valence-corrected chi connectivity index (χ3v) is 5.20. The molecule has 2 rings (SSSR count). The highest BCUT2D eigenvalue weighted by atomic mass is 15.2. The molecule has 0 spiro atoms. The third-order valence-electron chi connectivity index (χ3n) is 5.20. The fourth-order valence-electron chi connectivity index (χ4n) is 4.29. The highest BCUT2D eigenvalue weighted by Gasteiger charge is 2.48. The monoisotopic (exact) mass is 238 g/mol. The lowest BCUT2D eigenvalue weighted by Crippen LogP contribution is -2.58. The molecule has 100 valence electrons. The molecule has 1 saturated carbocycles. The standard InChI is InChI=1S/C15H30N2/c1-12-5-8-17(13(2)9-12)15(11-16)7-6-14(3,4)10-15/h12-13H,5-11,16H2,1-4H3. The van der Waals surface area contributed by atoms with Crippen LogP contribution in [0.2, 0.25) is 0 Å². The van der Waals surface area contributed by atoms with Crippen LogP contribution in [0, 0.1) is 11.3 Å². The van der Waals surface area contributed by atoms with Gasteiger partial charge in [-0.3, -0.25) is 4.90 Å². The molecular formula is C15H30N2. The lowest BCUT2D eigenvalue weighted by molar-refractivity contribution is 0.0126. The van der Waals surface area contributed by atoms with Crippen LogP contribution < -0.4 is 5.73 Å². The van der Waals surface area contributed by atoms with Crippen molar-refractivity contribution in [2.24, 2.45) is 17.1 Å². The van der Waals surface area contributed by atoms with E-state index in [9.17, 15) is 0 Å². The summed E-state index contributed by atoms with van der Waals surface area (Å²) in [5, 5.41) is 0. The van der Waals surface area contributed by atoms with Crippen LogP contribution in [0.3, 0.4) is 0 Å². The first-order chi connectivity index (χ1) is 7.88. The second-order valence-electron chi connectivity index (χ2n) is 7.44. The Hall–Kier alpha value is -0.0800. The van der Waals surface area contributed by atoms with Gasteiger partial charge in [0.05, 0.1) is 0 Å². The van der Waals surface area contributed by atoms with Gasteiger partial charge in [-0.2, -0.15) is 0 Å². The number of rotatable bonds is 2. The summed E-state index contributed by atoms with van der Waals surface area (Å²) in [6.45, 7) is 11.7. The molecule has 0 aromatic rings. The van der Waals surface area contributed by atoms with Gasteiger partial charge in [0, 0.05) is 18.1 Å². The van der Waals surface area contributed by atoms with Gasteiger partial charge in [-0.25, -0.2) is 0 Å². The number of hydrogen-bond acceptors (Lipinski definition) is 2. The largest absolute Gasteiger partial charge is 0.329 e. The summed E-state index contributed by atoms with van der Waals surface area (Å²) in [6.07, 6.45) is 6.63. The van der Waals surface area contributed by atoms with E-state index in [1.165, 1.54) is 38.6 Å². The predicted molar refractivity (Wildman–Crippen MR) is 74.0 cm³/mol. The highest BCUT2D eigenvalue weighted by Crippen LogP contribution is 2.48. The molecule has 1 heterocycles. The van der Waals surface area contributed by atoms with Crippen molar-refractivity contribution in [3.63, 3.8) is 0 Å². The van der Waals surface area contributed by atoms with E-state index in [0.29, 0.717) is 11.0 Å². The van der Waals surface area contributed by atoms with Gasteiger partial charge >= 0.3 is 0 Å². The van der Waals surface area contributed by atoms with Gasteiger partial charge in [-0.15, -0.1) is 0 Å². The van der Waals surface area contributed by atoms with Crippen molar-refractivity contribution in [1.82, 2.24) is 4.90 Å². The van der Waals surface area contributed by atoms with E-state index in [1.807, 2.05) is 0 Å². The predicted octanol–water partition coefficient (Wildman–Crippen LogP) is 3.01. The summed E-state index contributed by atoms with van der Waals surface area (Å²) >= 11 is 0. The van der Waals surface area contributed by atoms with E-state index < -0.39 is 0 Å². The van der Waals surface area contributed by atoms with E-state index in [2.05, 4.69) is 32.6 Å². The average Bonchev–Trinajstić information content (AvgIpc) is 2.55. The summed E-state index contributed by atoms with van der Waals surface area (Å²) in [4.78, 5) is 2.75. The molecule has 3 atom stereocenters. The number of nitrogens with zero attached hydrogens (tertiary/aromatic N) is 1. The van der Waals surface area contributed by atoms with Gasteiger partial charge in [0.2, 0.25) is 0 Å². The van der Waals surface area contributed by atoms with Crippen molar-refractivity contribution in [3.05, 3.63) is 0 Å². The van der Waals surface area contributed by atoms with Crippen LogP contribution in [-0.2, 0) is 0 Å². The Morgan fingerprint density at radius 1 is 1.24 bits per heavy atom. The van der Waals surface area contributed by atoms with Gasteiger partial charge in [-0.1, -0.05) is 20.8 Å². The summed E-state index contributed by atoms with van der Waals surface area (Å²) in [5.74, 6) is 0.894. The quantitative estimate of drug-likeness (QED) is 0.801. The average molecular weight is 238 g/mol. The molecule has 2 fully saturated rings. The maximum atomic E-state index is 6.18. The van der Waals surface area contributed by atoms with Crippen molar-refractivity contribution in [2.75, 3.05) is 13.1 Å².